The molecule has 1 aliphatic rings. The molecule has 0 heterocycles. The molecule has 2 rings (SSSR count). The lowest BCUT2D eigenvalue weighted by molar-refractivity contribution is -0.122. The Morgan fingerprint density at radius 3 is 2.48 bits per heavy atom. The number of amides is 2. The molecule has 3 N–H and O–H groups in total. The van der Waals surface area contributed by atoms with E-state index < -0.39 is 0 Å². The van der Waals surface area contributed by atoms with Gasteiger partial charge in [0.05, 0.1) is 0 Å². The summed E-state index contributed by atoms with van der Waals surface area (Å²) in [5.41, 5.74) is 6.87. The Kier molecular flexibility index (Phi) is 7.58. The van der Waals surface area contributed by atoms with Crippen molar-refractivity contribution in [3.63, 3.8) is 0 Å². The number of rotatable bonds is 9. The number of carbonyl (C=O) groups excluding carboxylic acids is 3. The van der Waals surface area contributed by atoms with Crippen molar-refractivity contribution in [2.75, 3.05) is 6.54 Å². The molecule has 2 amide bonds. The van der Waals surface area contributed by atoms with Crippen LogP contribution < -0.4 is 16.2 Å². The largest absolute Gasteiger partial charge is 0.352 e. The Labute approximate surface area is 160 Å². The first-order valence-corrected chi connectivity index (χ1v) is 9.47. The van der Waals surface area contributed by atoms with Gasteiger partial charge in [0, 0.05) is 36.7 Å². The van der Waals surface area contributed by atoms with E-state index in [0.717, 1.165) is 31.4 Å². The lowest BCUT2D eigenvalue weighted by atomic mass is 9.79. The maximum absolute atomic E-state index is 11.9. The van der Waals surface area contributed by atoms with Gasteiger partial charge in [0.2, 0.25) is 5.91 Å². The normalized spacial score (nSPS) is 15.6. The smallest absolute Gasteiger partial charge is 0.251 e. The van der Waals surface area contributed by atoms with Gasteiger partial charge >= 0.3 is 0 Å². The van der Waals surface area contributed by atoms with Crippen LogP contribution in [0.25, 0.3) is 0 Å². The number of unbranched alkanes of at least 4 members (excludes halogenated alkanes) is 2. The molecule has 0 radical (unpaired) electrons. The number of benzene rings is 1. The van der Waals surface area contributed by atoms with Crippen LogP contribution in [-0.2, 0) is 9.59 Å². The number of nitrogens with one attached hydrogen (secondary N) is 3. The molecule has 0 fully saturated rings. The minimum absolute atomic E-state index is 0.0734. The van der Waals surface area contributed by atoms with E-state index in [1.165, 1.54) is 0 Å². The fourth-order valence-corrected chi connectivity index (χ4v) is 3.12. The maximum atomic E-state index is 11.9. The van der Waals surface area contributed by atoms with E-state index in [4.69, 9.17) is 0 Å². The lowest BCUT2D eigenvalue weighted by Gasteiger charge is -2.29. The van der Waals surface area contributed by atoms with Gasteiger partial charge in [-0.15, -0.1) is 0 Å². The van der Waals surface area contributed by atoms with Gasteiger partial charge in [-0.25, -0.2) is 0 Å². The van der Waals surface area contributed by atoms with Gasteiger partial charge in [0.15, 0.2) is 5.78 Å². The predicted molar refractivity (Wildman–Crippen MR) is 105 cm³/mol. The minimum Gasteiger partial charge on any atom is -0.352 e. The van der Waals surface area contributed by atoms with Crippen LogP contribution in [0.5, 0.6) is 0 Å². The SMILES string of the molecule is CC1(C)CC(=O)C=C(NNC(=O)CCCCCNC(=O)c2ccccc2)C1. The first-order valence-electron chi connectivity index (χ1n) is 9.47. The zero-order valence-electron chi connectivity index (χ0n) is 16.1. The van der Waals surface area contributed by atoms with Gasteiger partial charge in [-0.1, -0.05) is 38.5 Å². The van der Waals surface area contributed by atoms with Crippen molar-refractivity contribution in [2.45, 2.75) is 52.4 Å². The topological polar surface area (TPSA) is 87.3 Å². The summed E-state index contributed by atoms with van der Waals surface area (Å²) in [5.74, 6) is -0.0867. The summed E-state index contributed by atoms with van der Waals surface area (Å²) in [6.45, 7) is 4.67. The van der Waals surface area contributed by atoms with Crippen LogP contribution in [0.1, 0.15) is 62.7 Å². The van der Waals surface area contributed by atoms with E-state index in [0.29, 0.717) is 24.9 Å². The van der Waals surface area contributed by atoms with E-state index in [1.807, 2.05) is 32.0 Å². The summed E-state index contributed by atoms with van der Waals surface area (Å²) in [6.07, 6.45) is 5.68. The Balaban J connectivity index is 1.55. The Hall–Kier alpha value is -2.63. The zero-order chi connectivity index (χ0) is 19.7. The van der Waals surface area contributed by atoms with Crippen molar-refractivity contribution >= 4 is 17.6 Å². The average Bonchev–Trinajstić information content (AvgIpc) is 2.61. The number of hydrazine groups is 1. The van der Waals surface area contributed by atoms with E-state index in [9.17, 15) is 14.4 Å². The van der Waals surface area contributed by atoms with Crippen LogP contribution in [0.3, 0.4) is 0 Å². The molecule has 1 aromatic rings. The number of carbonyl (C=O) groups is 3. The standard InChI is InChI=1S/C21H29N3O3/c1-21(2)14-17(13-18(25)15-21)23-24-19(26)11-7-4-8-12-22-20(27)16-9-5-3-6-10-16/h3,5-6,9-10,13,23H,4,7-8,11-12,14-15H2,1-2H3,(H,22,27)(H,24,26). The van der Waals surface area contributed by atoms with Crippen molar-refractivity contribution in [3.8, 4) is 0 Å². The van der Waals surface area contributed by atoms with Gasteiger partial charge < -0.3 is 10.7 Å². The van der Waals surface area contributed by atoms with Crippen LogP contribution in [0.4, 0.5) is 0 Å². The second-order valence-electron chi connectivity index (χ2n) is 7.76. The Morgan fingerprint density at radius 2 is 1.78 bits per heavy atom. The number of hydrogen-bond acceptors (Lipinski definition) is 4. The second kappa shape index (κ2) is 9.90. The predicted octanol–water partition coefficient (Wildman–Crippen LogP) is 2.87. The van der Waals surface area contributed by atoms with Crippen LogP contribution in [0.2, 0.25) is 0 Å². The average molecular weight is 371 g/mol. The molecule has 1 aliphatic carbocycles. The van der Waals surface area contributed by atoms with Gasteiger partial charge in [0.25, 0.3) is 5.91 Å². The number of allylic oxidation sites excluding steroid dienone is 2. The lowest BCUT2D eigenvalue weighted by Crippen LogP contribution is -2.39. The molecule has 6 nitrogen and oxygen atoms in total. The summed E-state index contributed by atoms with van der Waals surface area (Å²) < 4.78 is 0. The number of hydrogen-bond donors (Lipinski definition) is 3. The zero-order valence-corrected chi connectivity index (χ0v) is 16.1. The molecule has 0 spiro atoms. The van der Waals surface area contributed by atoms with Crippen molar-refractivity contribution in [1.29, 1.82) is 0 Å². The highest BCUT2D eigenvalue weighted by Crippen LogP contribution is 2.32. The van der Waals surface area contributed by atoms with E-state index in [-0.39, 0.29) is 23.0 Å². The molecular formula is C21H29N3O3. The van der Waals surface area contributed by atoms with Crippen LogP contribution in [0.15, 0.2) is 42.1 Å². The van der Waals surface area contributed by atoms with Crippen LogP contribution >= 0.6 is 0 Å². The molecule has 1 aromatic carbocycles. The van der Waals surface area contributed by atoms with Crippen molar-refractivity contribution in [1.82, 2.24) is 16.2 Å². The monoisotopic (exact) mass is 371 g/mol. The fraction of sp³-hybridized carbons (Fsp3) is 0.476. The molecule has 6 heteroatoms. The van der Waals surface area contributed by atoms with Gasteiger partial charge in [-0.2, -0.15) is 0 Å². The Morgan fingerprint density at radius 1 is 1.04 bits per heavy atom. The summed E-state index contributed by atoms with van der Waals surface area (Å²) in [4.78, 5) is 35.5. The molecule has 0 atom stereocenters. The third-order valence-electron chi connectivity index (χ3n) is 4.42. The third kappa shape index (κ3) is 7.64. The van der Waals surface area contributed by atoms with Crippen LogP contribution in [-0.4, -0.2) is 24.1 Å². The molecular weight excluding hydrogens is 342 g/mol. The van der Waals surface area contributed by atoms with Crippen molar-refractivity contribution in [3.05, 3.63) is 47.7 Å². The van der Waals surface area contributed by atoms with Gasteiger partial charge in [-0.05, 0) is 36.8 Å². The van der Waals surface area contributed by atoms with E-state index in [2.05, 4.69) is 16.2 Å². The van der Waals surface area contributed by atoms with Crippen molar-refractivity contribution in [2.24, 2.45) is 5.41 Å². The molecule has 27 heavy (non-hydrogen) atoms. The van der Waals surface area contributed by atoms with E-state index >= 15 is 0 Å². The summed E-state index contributed by atoms with van der Waals surface area (Å²) in [5, 5.41) is 2.88. The molecule has 0 bridgehead atoms. The minimum atomic E-state index is -0.0972. The quantitative estimate of drug-likeness (QED) is 0.460. The summed E-state index contributed by atoms with van der Waals surface area (Å²) in [6, 6.07) is 9.11. The summed E-state index contributed by atoms with van der Waals surface area (Å²) in [7, 11) is 0. The first-order chi connectivity index (χ1) is 12.9. The van der Waals surface area contributed by atoms with Crippen LogP contribution in [0, 0.1) is 5.41 Å². The molecule has 146 valence electrons. The highest BCUT2D eigenvalue weighted by molar-refractivity contribution is 5.94. The maximum Gasteiger partial charge on any atom is 0.251 e. The van der Waals surface area contributed by atoms with Gasteiger partial charge in [-0.3, -0.25) is 19.8 Å². The molecule has 0 saturated heterocycles. The first kappa shape index (κ1) is 20.7. The Bertz CT molecular complexity index is 696. The van der Waals surface area contributed by atoms with Gasteiger partial charge in [0.1, 0.15) is 0 Å². The second-order valence-corrected chi connectivity index (χ2v) is 7.76. The highest BCUT2D eigenvalue weighted by Gasteiger charge is 2.27. The molecule has 0 unspecified atom stereocenters. The fourth-order valence-electron chi connectivity index (χ4n) is 3.12. The number of ketones is 1. The van der Waals surface area contributed by atoms with Crippen molar-refractivity contribution < 1.29 is 14.4 Å². The molecule has 0 aliphatic heterocycles. The molecule has 0 saturated carbocycles. The van der Waals surface area contributed by atoms with E-state index in [1.54, 1.807) is 18.2 Å². The third-order valence-corrected chi connectivity index (χ3v) is 4.42. The highest BCUT2D eigenvalue weighted by atomic mass is 16.2. The summed E-state index contributed by atoms with van der Waals surface area (Å²) >= 11 is 0. The molecule has 0 aromatic heterocycles.